The first kappa shape index (κ1) is 22.3. The van der Waals surface area contributed by atoms with Crippen LogP contribution >= 0.6 is 11.6 Å². The predicted octanol–water partition coefficient (Wildman–Crippen LogP) is 4.41. The van der Waals surface area contributed by atoms with E-state index in [9.17, 15) is 9.59 Å². The molecule has 2 amide bonds. The number of aromatic amines is 1. The lowest BCUT2D eigenvalue weighted by molar-refractivity contribution is 0.0996. The van der Waals surface area contributed by atoms with Gasteiger partial charge in [-0.25, -0.2) is 14.8 Å². The number of rotatable bonds is 6. The molecule has 4 aromatic rings. The van der Waals surface area contributed by atoms with E-state index in [-0.39, 0.29) is 18.3 Å². The highest BCUT2D eigenvalue weighted by Crippen LogP contribution is 2.30. The molecule has 0 unspecified atom stereocenters. The Balaban J connectivity index is 1.53. The minimum atomic E-state index is -0.641. The highest BCUT2D eigenvalue weighted by Gasteiger charge is 2.16. The smallest absolute Gasteiger partial charge is 0.411 e. The van der Waals surface area contributed by atoms with Gasteiger partial charge in [-0.05, 0) is 50.2 Å². The summed E-state index contributed by atoms with van der Waals surface area (Å²) in [6.07, 6.45) is 2.24. The van der Waals surface area contributed by atoms with Crippen LogP contribution in [0.3, 0.4) is 0 Å². The molecule has 0 radical (unpaired) electrons. The number of carbonyl (C=O) groups is 2. The molecule has 0 aliphatic heterocycles. The molecule has 0 bridgehead atoms. The van der Waals surface area contributed by atoms with Crippen LogP contribution < -0.4 is 16.4 Å². The van der Waals surface area contributed by atoms with Crippen molar-refractivity contribution in [3.05, 3.63) is 59.6 Å². The number of hydrogen-bond donors (Lipinski definition) is 4. The van der Waals surface area contributed by atoms with Gasteiger partial charge in [0.2, 0.25) is 0 Å². The van der Waals surface area contributed by atoms with Gasteiger partial charge in [0.1, 0.15) is 12.4 Å². The van der Waals surface area contributed by atoms with Crippen LogP contribution in [0.5, 0.6) is 0 Å². The van der Waals surface area contributed by atoms with Crippen LogP contribution in [-0.4, -0.2) is 39.1 Å². The third-order valence-corrected chi connectivity index (χ3v) is 4.71. The number of pyridine rings is 1. The number of aromatic nitrogens is 3. The van der Waals surface area contributed by atoms with Crippen molar-refractivity contribution < 1.29 is 18.7 Å². The lowest BCUT2D eigenvalue weighted by Crippen LogP contribution is -2.38. The Labute approximate surface area is 193 Å². The number of nitrogens with two attached hydrogens (primary N) is 1. The molecule has 0 spiro atoms. The van der Waals surface area contributed by atoms with E-state index in [0.717, 1.165) is 0 Å². The number of H-pyrrole nitrogens is 1. The summed E-state index contributed by atoms with van der Waals surface area (Å²) in [6.45, 7) is 3.57. The van der Waals surface area contributed by atoms with Crippen LogP contribution in [0.25, 0.3) is 22.6 Å². The van der Waals surface area contributed by atoms with Gasteiger partial charge in [0.15, 0.2) is 11.4 Å². The topological polar surface area (TPSA) is 148 Å². The first-order chi connectivity index (χ1) is 15.7. The number of amides is 2. The zero-order valence-corrected chi connectivity index (χ0v) is 18.6. The molecule has 3 aromatic heterocycles. The number of nitrogens with one attached hydrogen (secondary N) is 3. The van der Waals surface area contributed by atoms with Crippen molar-refractivity contribution in [2.75, 3.05) is 17.2 Å². The third kappa shape index (κ3) is 5.48. The van der Waals surface area contributed by atoms with Crippen molar-refractivity contribution in [2.24, 2.45) is 5.73 Å². The van der Waals surface area contributed by atoms with Crippen LogP contribution in [-0.2, 0) is 4.74 Å². The van der Waals surface area contributed by atoms with E-state index in [1.807, 2.05) is 0 Å². The normalized spacial score (nSPS) is 11.4. The molecule has 5 N–H and O–H groups in total. The number of benzene rings is 1. The van der Waals surface area contributed by atoms with E-state index >= 15 is 0 Å². The summed E-state index contributed by atoms with van der Waals surface area (Å²) in [5.74, 6) is 0.245. The Bertz CT molecular complexity index is 1310. The quantitative estimate of drug-likeness (QED) is 0.327. The van der Waals surface area contributed by atoms with Crippen molar-refractivity contribution >= 4 is 46.1 Å². The molecule has 4 rings (SSSR count). The fraction of sp³-hybridized carbons (Fsp3) is 0.182. The Morgan fingerprint density at radius 2 is 2.03 bits per heavy atom. The molecule has 1 aromatic carbocycles. The largest absolute Gasteiger partial charge is 0.459 e. The van der Waals surface area contributed by atoms with Crippen molar-refractivity contribution in [1.29, 1.82) is 0 Å². The maximum atomic E-state index is 12.3. The van der Waals surface area contributed by atoms with Crippen LogP contribution in [0.15, 0.2) is 53.3 Å². The average Bonchev–Trinajstić information content (AvgIpc) is 3.43. The number of hydrogen-bond acceptors (Lipinski definition) is 7. The highest BCUT2D eigenvalue weighted by atomic mass is 35.5. The molecule has 0 atom stereocenters. The Morgan fingerprint density at radius 1 is 1.21 bits per heavy atom. The first-order valence-corrected chi connectivity index (χ1v) is 10.3. The van der Waals surface area contributed by atoms with Gasteiger partial charge in [0.25, 0.3) is 5.91 Å². The molecule has 0 fully saturated rings. The van der Waals surface area contributed by atoms with Crippen molar-refractivity contribution in [3.63, 3.8) is 0 Å². The summed E-state index contributed by atoms with van der Waals surface area (Å²) in [5, 5.41) is 5.78. The SMILES string of the molecule is CC(C)(N)COC(=O)Nc1cnc2nc(-c3cc(NC(=O)c4ccco4)ccc3Cl)[nH]c2c1. The maximum Gasteiger partial charge on any atom is 0.411 e. The van der Waals surface area contributed by atoms with Crippen molar-refractivity contribution in [3.8, 4) is 11.4 Å². The second kappa shape index (κ2) is 8.93. The van der Waals surface area contributed by atoms with Gasteiger partial charge in [-0.2, -0.15) is 0 Å². The van der Waals surface area contributed by atoms with E-state index in [4.69, 9.17) is 26.5 Å². The minimum Gasteiger partial charge on any atom is -0.459 e. The molecule has 0 aliphatic rings. The van der Waals surface area contributed by atoms with Crippen LogP contribution in [0.1, 0.15) is 24.4 Å². The van der Waals surface area contributed by atoms with E-state index in [0.29, 0.717) is 38.9 Å². The van der Waals surface area contributed by atoms with Gasteiger partial charge in [0.05, 0.1) is 28.7 Å². The second-order valence-corrected chi connectivity index (χ2v) is 8.40. The lowest BCUT2D eigenvalue weighted by atomic mass is 10.1. The summed E-state index contributed by atoms with van der Waals surface area (Å²) in [5.41, 5.74) is 7.67. The highest BCUT2D eigenvalue weighted by molar-refractivity contribution is 6.33. The van der Waals surface area contributed by atoms with Crippen molar-refractivity contribution in [2.45, 2.75) is 19.4 Å². The monoisotopic (exact) mass is 468 g/mol. The summed E-state index contributed by atoms with van der Waals surface area (Å²) >= 11 is 6.37. The van der Waals surface area contributed by atoms with Crippen LogP contribution in [0.4, 0.5) is 16.2 Å². The van der Waals surface area contributed by atoms with Crippen LogP contribution in [0.2, 0.25) is 5.02 Å². The molecule has 0 aliphatic carbocycles. The fourth-order valence-electron chi connectivity index (χ4n) is 2.89. The molecule has 0 saturated carbocycles. The molecular weight excluding hydrogens is 448 g/mol. The number of fused-ring (bicyclic) bond motifs is 1. The molecule has 33 heavy (non-hydrogen) atoms. The van der Waals surface area contributed by atoms with Gasteiger partial charge in [-0.3, -0.25) is 10.1 Å². The number of halogens is 1. The van der Waals surface area contributed by atoms with E-state index in [1.54, 1.807) is 50.2 Å². The molecular formula is C22H21ClN6O4. The number of carbonyl (C=O) groups excluding carboxylic acids is 2. The van der Waals surface area contributed by atoms with E-state index < -0.39 is 11.6 Å². The average molecular weight is 469 g/mol. The molecule has 170 valence electrons. The number of anilines is 2. The summed E-state index contributed by atoms with van der Waals surface area (Å²) in [6, 6.07) is 9.87. The second-order valence-electron chi connectivity index (χ2n) is 8.00. The summed E-state index contributed by atoms with van der Waals surface area (Å²) < 4.78 is 10.2. The lowest BCUT2D eigenvalue weighted by Gasteiger charge is -2.18. The summed E-state index contributed by atoms with van der Waals surface area (Å²) in [7, 11) is 0. The standard InChI is InChI=1S/C22H21ClN6O4/c1-22(2,24)11-33-21(31)27-13-9-16-19(25-10-13)29-18(28-16)14-8-12(5-6-15(14)23)26-20(30)17-4-3-7-32-17/h3-10H,11,24H2,1-2H3,(H,26,30)(H,27,31)(H,25,28,29). The Hall–Kier alpha value is -3.89. The minimum absolute atomic E-state index is 0.0635. The van der Waals surface area contributed by atoms with Gasteiger partial charge < -0.3 is 25.2 Å². The van der Waals surface area contributed by atoms with Gasteiger partial charge in [-0.15, -0.1) is 0 Å². The molecule has 3 heterocycles. The number of nitrogens with zero attached hydrogens (tertiary/aromatic N) is 2. The maximum absolute atomic E-state index is 12.3. The van der Waals surface area contributed by atoms with Crippen molar-refractivity contribution in [1.82, 2.24) is 15.0 Å². The fourth-order valence-corrected chi connectivity index (χ4v) is 3.09. The molecule has 0 saturated heterocycles. The number of ether oxygens (including phenoxy) is 1. The third-order valence-electron chi connectivity index (χ3n) is 4.38. The van der Waals surface area contributed by atoms with Crippen LogP contribution in [0, 0.1) is 0 Å². The number of furan rings is 1. The Kier molecular flexibility index (Phi) is 6.03. The van der Waals surface area contributed by atoms with E-state index in [2.05, 4.69) is 25.6 Å². The number of imidazole rings is 1. The zero-order chi connectivity index (χ0) is 23.6. The first-order valence-electron chi connectivity index (χ1n) is 9.91. The molecule has 10 nitrogen and oxygen atoms in total. The predicted molar refractivity (Wildman–Crippen MR) is 124 cm³/mol. The Morgan fingerprint density at radius 3 is 2.76 bits per heavy atom. The summed E-state index contributed by atoms with van der Waals surface area (Å²) in [4.78, 5) is 36.1. The van der Waals surface area contributed by atoms with E-state index in [1.165, 1.54) is 12.5 Å². The van der Waals surface area contributed by atoms with Gasteiger partial charge in [0, 0.05) is 16.8 Å². The zero-order valence-electron chi connectivity index (χ0n) is 17.8. The molecule has 11 heteroatoms. The van der Waals surface area contributed by atoms with Gasteiger partial charge in [-0.1, -0.05) is 11.6 Å². The van der Waals surface area contributed by atoms with Gasteiger partial charge >= 0.3 is 6.09 Å².